The van der Waals surface area contributed by atoms with Gasteiger partial charge in [0, 0.05) is 18.0 Å². The highest BCUT2D eigenvalue weighted by molar-refractivity contribution is 5.87. The van der Waals surface area contributed by atoms with Gasteiger partial charge in [0.2, 0.25) is 0 Å². The van der Waals surface area contributed by atoms with Crippen molar-refractivity contribution in [3.63, 3.8) is 0 Å². The molecular formula is C10H9NO3. The number of hydrogen-bond donors (Lipinski definition) is 2. The first-order valence-electron chi connectivity index (χ1n) is 3.97. The van der Waals surface area contributed by atoms with E-state index in [-0.39, 0.29) is 5.56 Å². The Morgan fingerprint density at radius 3 is 2.86 bits per heavy atom. The summed E-state index contributed by atoms with van der Waals surface area (Å²) in [6.07, 6.45) is 1.96. The molecule has 0 radical (unpaired) electrons. The molecule has 0 aliphatic rings. The summed E-state index contributed by atoms with van der Waals surface area (Å²) in [5.41, 5.74) is 0.563. The van der Waals surface area contributed by atoms with Gasteiger partial charge < -0.3 is 10.2 Å². The number of pyridine rings is 1. The summed E-state index contributed by atoms with van der Waals surface area (Å²) in [4.78, 5) is 14.3. The smallest absolute Gasteiger partial charge is 0.337 e. The molecule has 0 saturated carbocycles. The lowest BCUT2D eigenvalue weighted by Gasteiger charge is -1.94. The van der Waals surface area contributed by atoms with E-state index < -0.39 is 12.1 Å². The lowest BCUT2D eigenvalue weighted by molar-refractivity contribution is 0.0696. The molecule has 4 nitrogen and oxygen atoms in total. The normalized spacial score (nSPS) is 11.3. The summed E-state index contributed by atoms with van der Waals surface area (Å²) in [6, 6.07) is 1.41. The van der Waals surface area contributed by atoms with Crippen LogP contribution in [0.25, 0.3) is 0 Å². The molecule has 72 valence electrons. The van der Waals surface area contributed by atoms with Crippen molar-refractivity contribution in [2.45, 2.75) is 13.0 Å². The Morgan fingerprint density at radius 1 is 1.57 bits per heavy atom. The monoisotopic (exact) mass is 191 g/mol. The molecule has 0 unspecified atom stereocenters. The van der Waals surface area contributed by atoms with Crippen molar-refractivity contribution in [3.8, 4) is 11.8 Å². The number of aliphatic hydroxyl groups excluding tert-OH is 1. The quantitative estimate of drug-likeness (QED) is 0.634. The molecule has 0 aromatic carbocycles. The molecule has 14 heavy (non-hydrogen) atoms. The van der Waals surface area contributed by atoms with Crippen LogP contribution in [0.4, 0.5) is 0 Å². The van der Waals surface area contributed by atoms with Crippen LogP contribution in [0.5, 0.6) is 0 Å². The Morgan fingerprint density at radius 2 is 2.29 bits per heavy atom. The van der Waals surface area contributed by atoms with Crippen molar-refractivity contribution in [1.82, 2.24) is 4.98 Å². The molecule has 0 aliphatic carbocycles. The van der Waals surface area contributed by atoms with Crippen molar-refractivity contribution in [1.29, 1.82) is 0 Å². The molecule has 4 heteroatoms. The lowest BCUT2D eigenvalue weighted by Crippen LogP contribution is -1.98. The number of carbonyl (C=O) groups is 1. The van der Waals surface area contributed by atoms with Crippen molar-refractivity contribution in [2.24, 2.45) is 0 Å². The van der Waals surface area contributed by atoms with Crippen molar-refractivity contribution >= 4 is 5.97 Å². The van der Waals surface area contributed by atoms with Gasteiger partial charge in [-0.3, -0.25) is 4.98 Å². The van der Waals surface area contributed by atoms with E-state index in [0.717, 1.165) is 0 Å². The zero-order valence-electron chi connectivity index (χ0n) is 7.56. The Hall–Kier alpha value is -1.86. The first-order chi connectivity index (χ1) is 6.59. The summed E-state index contributed by atoms with van der Waals surface area (Å²) < 4.78 is 0. The van der Waals surface area contributed by atoms with E-state index in [2.05, 4.69) is 16.8 Å². The number of aromatic carboxylic acids is 1. The Kier molecular flexibility index (Phi) is 3.21. The molecule has 1 aromatic rings. The van der Waals surface area contributed by atoms with Crippen molar-refractivity contribution in [3.05, 3.63) is 29.6 Å². The van der Waals surface area contributed by atoms with E-state index in [1.165, 1.54) is 25.4 Å². The van der Waals surface area contributed by atoms with Gasteiger partial charge in [-0.15, -0.1) is 0 Å². The van der Waals surface area contributed by atoms with Gasteiger partial charge in [0.25, 0.3) is 0 Å². The number of hydrogen-bond acceptors (Lipinski definition) is 3. The zero-order chi connectivity index (χ0) is 10.6. The van der Waals surface area contributed by atoms with Crippen LogP contribution in [0, 0.1) is 11.8 Å². The SMILES string of the molecule is C[C@H](O)C#Cc1cncc(C(=O)O)c1. The first-order valence-corrected chi connectivity index (χ1v) is 3.97. The molecule has 2 N–H and O–H groups in total. The molecule has 1 rings (SSSR count). The van der Waals surface area contributed by atoms with Gasteiger partial charge >= 0.3 is 5.97 Å². The van der Waals surface area contributed by atoms with Gasteiger partial charge in [0.05, 0.1) is 5.56 Å². The van der Waals surface area contributed by atoms with Crippen LogP contribution in [0.1, 0.15) is 22.8 Å². The second-order valence-corrected chi connectivity index (χ2v) is 2.71. The van der Waals surface area contributed by atoms with Gasteiger partial charge in [-0.05, 0) is 13.0 Å². The predicted molar refractivity (Wildman–Crippen MR) is 49.8 cm³/mol. The summed E-state index contributed by atoms with van der Waals surface area (Å²) in [6.45, 7) is 1.53. The van der Waals surface area contributed by atoms with Crippen molar-refractivity contribution < 1.29 is 15.0 Å². The van der Waals surface area contributed by atoms with Gasteiger partial charge in [-0.25, -0.2) is 4.79 Å². The van der Waals surface area contributed by atoms with E-state index in [4.69, 9.17) is 10.2 Å². The minimum atomic E-state index is -1.04. The zero-order valence-corrected chi connectivity index (χ0v) is 7.56. The number of carboxylic acids is 1. The number of carboxylic acid groups (broad SMARTS) is 1. The highest BCUT2D eigenvalue weighted by Crippen LogP contribution is 2.01. The lowest BCUT2D eigenvalue weighted by atomic mass is 10.2. The van der Waals surface area contributed by atoms with Crippen molar-refractivity contribution in [2.75, 3.05) is 0 Å². The molecular weight excluding hydrogens is 182 g/mol. The third-order valence-electron chi connectivity index (χ3n) is 1.41. The second-order valence-electron chi connectivity index (χ2n) is 2.71. The minimum Gasteiger partial charge on any atom is -0.478 e. The number of aromatic nitrogens is 1. The van der Waals surface area contributed by atoms with Crippen LogP contribution in [0.3, 0.4) is 0 Å². The van der Waals surface area contributed by atoms with Gasteiger partial charge in [0.1, 0.15) is 6.10 Å². The molecule has 0 spiro atoms. The van der Waals surface area contributed by atoms with E-state index >= 15 is 0 Å². The fourth-order valence-electron chi connectivity index (χ4n) is 0.813. The van der Waals surface area contributed by atoms with Crippen LogP contribution < -0.4 is 0 Å². The molecule has 0 saturated heterocycles. The number of rotatable bonds is 1. The van der Waals surface area contributed by atoms with E-state index in [1.807, 2.05) is 0 Å². The highest BCUT2D eigenvalue weighted by Gasteiger charge is 2.02. The summed E-state index contributed by atoms with van der Waals surface area (Å²) in [7, 11) is 0. The topological polar surface area (TPSA) is 70.4 Å². The third kappa shape index (κ3) is 2.88. The van der Waals surface area contributed by atoms with Crippen LogP contribution in [0.2, 0.25) is 0 Å². The van der Waals surface area contributed by atoms with E-state index in [9.17, 15) is 4.79 Å². The van der Waals surface area contributed by atoms with Crippen LogP contribution in [-0.4, -0.2) is 27.3 Å². The average molecular weight is 191 g/mol. The van der Waals surface area contributed by atoms with Gasteiger partial charge in [-0.2, -0.15) is 0 Å². The Balaban J connectivity index is 2.96. The Bertz CT molecular complexity index is 401. The molecule has 0 fully saturated rings. The fraction of sp³-hybridized carbons (Fsp3) is 0.200. The molecule has 0 aliphatic heterocycles. The fourth-order valence-corrected chi connectivity index (χ4v) is 0.813. The van der Waals surface area contributed by atoms with Crippen LogP contribution >= 0.6 is 0 Å². The standard InChI is InChI=1S/C10H9NO3/c1-7(12)2-3-8-4-9(10(13)14)6-11-5-8/h4-7,12H,1H3,(H,13,14)/t7-/m0/s1. The molecule has 0 bridgehead atoms. The highest BCUT2D eigenvalue weighted by atomic mass is 16.4. The number of nitrogens with zero attached hydrogens (tertiary/aromatic N) is 1. The summed E-state index contributed by atoms with van der Waals surface area (Å²) in [5.74, 6) is 4.07. The van der Waals surface area contributed by atoms with E-state index in [0.29, 0.717) is 5.56 Å². The number of aliphatic hydroxyl groups is 1. The third-order valence-corrected chi connectivity index (χ3v) is 1.41. The maximum atomic E-state index is 10.6. The maximum Gasteiger partial charge on any atom is 0.337 e. The molecule has 1 atom stereocenters. The summed E-state index contributed by atoms with van der Waals surface area (Å²) >= 11 is 0. The van der Waals surface area contributed by atoms with Gasteiger partial charge in [0.15, 0.2) is 0 Å². The minimum absolute atomic E-state index is 0.0855. The maximum absolute atomic E-state index is 10.6. The van der Waals surface area contributed by atoms with Crippen LogP contribution in [-0.2, 0) is 0 Å². The predicted octanol–water partition coefficient (Wildman–Crippen LogP) is 0.512. The molecule has 0 amide bonds. The first kappa shape index (κ1) is 10.2. The van der Waals surface area contributed by atoms with Gasteiger partial charge in [-0.1, -0.05) is 11.8 Å². The molecule has 1 heterocycles. The average Bonchev–Trinajstić information content (AvgIpc) is 2.15. The molecule has 1 aromatic heterocycles. The Labute approximate surface area is 81.2 Å². The largest absolute Gasteiger partial charge is 0.478 e. The summed E-state index contributed by atoms with van der Waals surface area (Å²) in [5, 5.41) is 17.5. The second kappa shape index (κ2) is 4.40. The van der Waals surface area contributed by atoms with E-state index in [1.54, 1.807) is 0 Å². The van der Waals surface area contributed by atoms with Crippen LogP contribution in [0.15, 0.2) is 18.5 Å².